The van der Waals surface area contributed by atoms with Gasteiger partial charge in [-0.2, -0.15) is 0 Å². The number of benzene rings is 1. The highest BCUT2D eigenvalue weighted by atomic mass is 15.2. The zero-order valence-corrected chi connectivity index (χ0v) is 11.1. The molecule has 96 valence electrons. The van der Waals surface area contributed by atoms with Crippen LogP contribution in [0.25, 0.3) is 11.0 Å². The van der Waals surface area contributed by atoms with Crippen molar-refractivity contribution in [1.29, 1.82) is 0 Å². The summed E-state index contributed by atoms with van der Waals surface area (Å²) in [5.41, 5.74) is 2.24. The minimum absolute atomic E-state index is 0.745. The first-order valence-corrected chi connectivity index (χ1v) is 6.58. The maximum absolute atomic E-state index is 4.63. The SMILES string of the molecule is CN1CCC(CNc2nc3ccccc3n2C)C1. The first-order valence-electron chi connectivity index (χ1n) is 6.58. The van der Waals surface area contributed by atoms with Crippen molar-refractivity contribution >= 4 is 17.0 Å². The Morgan fingerprint density at radius 1 is 1.33 bits per heavy atom. The van der Waals surface area contributed by atoms with Gasteiger partial charge in [-0.05, 0) is 38.1 Å². The first kappa shape index (κ1) is 11.5. The molecule has 4 heteroatoms. The van der Waals surface area contributed by atoms with Crippen molar-refractivity contribution in [1.82, 2.24) is 14.5 Å². The first-order chi connectivity index (χ1) is 8.74. The van der Waals surface area contributed by atoms with E-state index in [1.165, 1.54) is 25.0 Å². The van der Waals surface area contributed by atoms with E-state index in [1.54, 1.807) is 0 Å². The molecular formula is C14H20N4. The van der Waals surface area contributed by atoms with Crippen LogP contribution in [-0.2, 0) is 7.05 Å². The third-order valence-electron chi connectivity index (χ3n) is 3.82. The van der Waals surface area contributed by atoms with E-state index in [9.17, 15) is 0 Å². The maximum Gasteiger partial charge on any atom is 0.203 e. The van der Waals surface area contributed by atoms with Crippen LogP contribution in [0.4, 0.5) is 5.95 Å². The topological polar surface area (TPSA) is 33.1 Å². The lowest BCUT2D eigenvalue weighted by atomic mass is 10.1. The van der Waals surface area contributed by atoms with Gasteiger partial charge in [0, 0.05) is 20.1 Å². The summed E-state index contributed by atoms with van der Waals surface area (Å²) in [6.07, 6.45) is 1.29. The number of hydrogen-bond donors (Lipinski definition) is 1. The molecule has 2 heterocycles. The quantitative estimate of drug-likeness (QED) is 0.895. The zero-order chi connectivity index (χ0) is 12.5. The van der Waals surface area contributed by atoms with E-state index in [1.807, 2.05) is 6.07 Å². The molecule has 1 aliphatic rings. The number of fused-ring (bicyclic) bond motifs is 1. The molecule has 4 nitrogen and oxygen atoms in total. The van der Waals surface area contributed by atoms with Crippen LogP contribution >= 0.6 is 0 Å². The zero-order valence-electron chi connectivity index (χ0n) is 11.1. The molecule has 0 radical (unpaired) electrons. The number of anilines is 1. The fraction of sp³-hybridized carbons (Fsp3) is 0.500. The predicted octanol–water partition coefficient (Wildman–Crippen LogP) is 1.94. The third-order valence-corrected chi connectivity index (χ3v) is 3.82. The van der Waals surface area contributed by atoms with Crippen molar-refractivity contribution in [2.75, 3.05) is 32.0 Å². The van der Waals surface area contributed by atoms with Gasteiger partial charge in [-0.15, -0.1) is 0 Å². The molecule has 1 atom stereocenters. The van der Waals surface area contributed by atoms with Gasteiger partial charge in [-0.25, -0.2) is 4.98 Å². The van der Waals surface area contributed by atoms with Gasteiger partial charge in [0.2, 0.25) is 5.95 Å². The Hall–Kier alpha value is -1.55. The van der Waals surface area contributed by atoms with Crippen molar-refractivity contribution in [3.8, 4) is 0 Å². The Labute approximate surface area is 108 Å². The lowest BCUT2D eigenvalue weighted by Gasteiger charge is -2.12. The van der Waals surface area contributed by atoms with Gasteiger partial charge in [0.25, 0.3) is 0 Å². The van der Waals surface area contributed by atoms with Crippen LogP contribution in [-0.4, -0.2) is 41.1 Å². The average molecular weight is 244 g/mol. The average Bonchev–Trinajstić information content (AvgIpc) is 2.92. The fourth-order valence-corrected chi connectivity index (χ4v) is 2.73. The van der Waals surface area contributed by atoms with Crippen molar-refractivity contribution < 1.29 is 0 Å². The lowest BCUT2D eigenvalue weighted by Crippen LogP contribution is -2.20. The molecule has 3 rings (SSSR count). The smallest absolute Gasteiger partial charge is 0.203 e. The Morgan fingerprint density at radius 2 is 2.17 bits per heavy atom. The second-order valence-electron chi connectivity index (χ2n) is 5.28. The van der Waals surface area contributed by atoms with Gasteiger partial charge in [0.1, 0.15) is 0 Å². The van der Waals surface area contributed by atoms with E-state index in [-0.39, 0.29) is 0 Å². The molecule has 2 aromatic rings. The van der Waals surface area contributed by atoms with Crippen LogP contribution in [0.15, 0.2) is 24.3 Å². The number of aromatic nitrogens is 2. The van der Waals surface area contributed by atoms with Crippen LogP contribution < -0.4 is 5.32 Å². The molecule has 1 aromatic carbocycles. The molecule has 1 fully saturated rings. The van der Waals surface area contributed by atoms with E-state index < -0.39 is 0 Å². The number of imidazole rings is 1. The van der Waals surface area contributed by atoms with Crippen LogP contribution in [0.2, 0.25) is 0 Å². The third kappa shape index (κ3) is 2.08. The summed E-state index contributed by atoms with van der Waals surface area (Å²) in [7, 11) is 4.26. The standard InChI is InChI=1S/C14H20N4/c1-17-8-7-11(10-17)9-15-14-16-12-5-3-4-6-13(12)18(14)2/h3-6,11H,7-10H2,1-2H3,(H,15,16). The number of likely N-dealkylation sites (tertiary alicyclic amines) is 1. The van der Waals surface area contributed by atoms with Gasteiger partial charge < -0.3 is 14.8 Å². The largest absolute Gasteiger partial charge is 0.355 e. The number of nitrogens with zero attached hydrogens (tertiary/aromatic N) is 3. The van der Waals surface area contributed by atoms with Crippen LogP contribution in [0.1, 0.15) is 6.42 Å². The monoisotopic (exact) mass is 244 g/mol. The highest BCUT2D eigenvalue weighted by Gasteiger charge is 2.19. The molecule has 0 amide bonds. The summed E-state index contributed by atoms with van der Waals surface area (Å²) in [4.78, 5) is 7.02. The molecule has 18 heavy (non-hydrogen) atoms. The van der Waals surface area contributed by atoms with Crippen molar-refractivity contribution in [3.63, 3.8) is 0 Å². The lowest BCUT2D eigenvalue weighted by molar-refractivity contribution is 0.399. The molecule has 0 spiro atoms. The van der Waals surface area contributed by atoms with Crippen LogP contribution in [0, 0.1) is 5.92 Å². The molecule has 1 aromatic heterocycles. The number of hydrogen-bond acceptors (Lipinski definition) is 3. The number of rotatable bonds is 3. The Bertz CT molecular complexity index is 546. The molecule has 1 N–H and O–H groups in total. The summed E-state index contributed by atoms with van der Waals surface area (Å²) in [5, 5.41) is 3.49. The minimum atomic E-state index is 0.745. The Kier molecular flexibility index (Phi) is 2.96. The Morgan fingerprint density at radius 3 is 2.89 bits per heavy atom. The van der Waals surface area contributed by atoms with Gasteiger partial charge >= 0.3 is 0 Å². The summed E-state index contributed by atoms with van der Waals surface area (Å²) in [6.45, 7) is 3.42. The van der Waals surface area contributed by atoms with E-state index in [0.29, 0.717) is 0 Å². The second kappa shape index (κ2) is 4.61. The number of aryl methyl sites for hydroxylation is 1. The van der Waals surface area contributed by atoms with Crippen molar-refractivity contribution in [2.24, 2.45) is 13.0 Å². The van der Waals surface area contributed by atoms with Gasteiger partial charge in [0.15, 0.2) is 0 Å². The van der Waals surface area contributed by atoms with E-state index in [4.69, 9.17) is 0 Å². The second-order valence-corrected chi connectivity index (χ2v) is 5.28. The predicted molar refractivity (Wildman–Crippen MR) is 74.8 cm³/mol. The van der Waals surface area contributed by atoms with E-state index in [0.717, 1.165) is 23.9 Å². The summed E-state index contributed by atoms with van der Waals surface area (Å²) >= 11 is 0. The molecule has 0 saturated carbocycles. The van der Waals surface area contributed by atoms with Gasteiger partial charge in [0.05, 0.1) is 11.0 Å². The molecule has 1 saturated heterocycles. The summed E-state index contributed by atoms with van der Waals surface area (Å²) in [5.74, 6) is 1.72. The molecular weight excluding hydrogens is 224 g/mol. The Balaban J connectivity index is 1.73. The van der Waals surface area contributed by atoms with E-state index in [2.05, 4.69) is 52.1 Å². The van der Waals surface area contributed by atoms with Crippen LogP contribution in [0.3, 0.4) is 0 Å². The van der Waals surface area contributed by atoms with Crippen LogP contribution in [0.5, 0.6) is 0 Å². The fourth-order valence-electron chi connectivity index (χ4n) is 2.73. The molecule has 1 aliphatic heterocycles. The molecule has 0 aliphatic carbocycles. The number of nitrogens with one attached hydrogen (secondary N) is 1. The summed E-state index contributed by atoms with van der Waals surface area (Å²) < 4.78 is 2.13. The van der Waals surface area contributed by atoms with Crippen molar-refractivity contribution in [3.05, 3.63) is 24.3 Å². The highest BCUT2D eigenvalue weighted by Crippen LogP contribution is 2.19. The number of para-hydroxylation sites is 2. The van der Waals surface area contributed by atoms with Gasteiger partial charge in [-0.1, -0.05) is 12.1 Å². The highest BCUT2D eigenvalue weighted by molar-refractivity contribution is 5.78. The molecule has 1 unspecified atom stereocenters. The minimum Gasteiger partial charge on any atom is -0.355 e. The van der Waals surface area contributed by atoms with Crippen molar-refractivity contribution in [2.45, 2.75) is 6.42 Å². The normalized spacial score (nSPS) is 20.7. The summed E-state index contributed by atoms with van der Waals surface area (Å²) in [6, 6.07) is 8.26. The van der Waals surface area contributed by atoms with E-state index >= 15 is 0 Å². The van der Waals surface area contributed by atoms with Gasteiger partial charge in [-0.3, -0.25) is 0 Å². The maximum atomic E-state index is 4.63. The molecule has 0 bridgehead atoms.